The quantitative estimate of drug-likeness (QED) is 0.926. The molecule has 0 radical (unpaired) electrons. The summed E-state index contributed by atoms with van der Waals surface area (Å²) in [4.78, 5) is 2.55. The molecule has 0 amide bonds. The van der Waals surface area contributed by atoms with Gasteiger partial charge in [-0.15, -0.1) is 4.83 Å². The Morgan fingerprint density at radius 3 is 2.52 bits per heavy atom. The molecule has 1 aliphatic heterocycles. The van der Waals surface area contributed by atoms with Crippen molar-refractivity contribution in [1.29, 1.82) is 5.26 Å². The van der Waals surface area contributed by atoms with Crippen LogP contribution in [0.5, 0.6) is 0 Å². The maximum absolute atomic E-state index is 12.5. The van der Waals surface area contributed by atoms with Gasteiger partial charge in [-0.1, -0.05) is 18.0 Å². The Hall–Kier alpha value is -1.13. The maximum atomic E-state index is 12.5. The summed E-state index contributed by atoms with van der Waals surface area (Å²) < 4.78 is 25.1. The lowest BCUT2D eigenvalue weighted by atomic mass is 10.0. The monoisotopic (exact) mass is 327 g/mol. The molecule has 0 aliphatic carbocycles. The van der Waals surface area contributed by atoms with Crippen LogP contribution in [-0.2, 0) is 10.0 Å². The highest BCUT2D eigenvalue weighted by molar-refractivity contribution is 7.89. The molecule has 21 heavy (non-hydrogen) atoms. The summed E-state index contributed by atoms with van der Waals surface area (Å²) in [7, 11) is -3.80. The highest BCUT2D eigenvalue weighted by atomic mass is 35.5. The molecule has 2 unspecified atom stereocenters. The number of nitriles is 1. The fourth-order valence-corrected chi connectivity index (χ4v) is 4.33. The Morgan fingerprint density at radius 2 is 1.95 bits per heavy atom. The molecular formula is C14H18ClN3O2S. The fraction of sp³-hybridized carbons (Fsp3) is 0.500. The second-order valence-corrected chi connectivity index (χ2v) is 7.42. The van der Waals surface area contributed by atoms with Crippen LogP contribution in [0.25, 0.3) is 0 Å². The van der Waals surface area contributed by atoms with Crippen LogP contribution < -0.4 is 4.83 Å². The van der Waals surface area contributed by atoms with Crippen molar-refractivity contribution in [1.82, 2.24) is 9.84 Å². The van der Waals surface area contributed by atoms with Crippen molar-refractivity contribution in [2.75, 3.05) is 0 Å². The maximum Gasteiger partial charge on any atom is 0.255 e. The average molecular weight is 328 g/mol. The molecule has 1 aliphatic rings. The van der Waals surface area contributed by atoms with E-state index in [1.807, 2.05) is 19.9 Å². The highest BCUT2D eigenvalue weighted by Crippen LogP contribution is 2.25. The molecule has 1 fully saturated rings. The van der Waals surface area contributed by atoms with Gasteiger partial charge < -0.3 is 0 Å². The molecule has 7 heteroatoms. The van der Waals surface area contributed by atoms with E-state index in [0.29, 0.717) is 0 Å². The van der Waals surface area contributed by atoms with E-state index in [1.54, 1.807) is 5.01 Å². The van der Waals surface area contributed by atoms with Gasteiger partial charge in [-0.25, -0.2) is 13.4 Å². The normalized spacial score (nSPS) is 23.7. The third-order valence-electron chi connectivity index (χ3n) is 3.77. The highest BCUT2D eigenvalue weighted by Gasteiger charge is 2.30. The van der Waals surface area contributed by atoms with E-state index in [9.17, 15) is 8.42 Å². The Morgan fingerprint density at radius 1 is 1.33 bits per heavy atom. The molecule has 114 valence electrons. The zero-order chi connectivity index (χ0) is 15.6. The third kappa shape index (κ3) is 3.55. The number of hydrazine groups is 1. The minimum atomic E-state index is -3.80. The molecule has 0 bridgehead atoms. The minimum absolute atomic E-state index is 0.0619. The van der Waals surface area contributed by atoms with E-state index in [0.717, 1.165) is 19.3 Å². The van der Waals surface area contributed by atoms with Crippen LogP contribution in [0.3, 0.4) is 0 Å². The van der Waals surface area contributed by atoms with Crippen molar-refractivity contribution in [3.63, 3.8) is 0 Å². The predicted octanol–water partition coefficient (Wildman–Crippen LogP) is 2.67. The molecule has 1 aromatic carbocycles. The number of hydrogen-bond acceptors (Lipinski definition) is 4. The van der Waals surface area contributed by atoms with Crippen molar-refractivity contribution in [3.05, 3.63) is 28.8 Å². The zero-order valence-corrected chi connectivity index (χ0v) is 13.6. The summed E-state index contributed by atoms with van der Waals surface area (Å²) in [6.07, 6.45) is 2.98. The summed E-state index contributed by atoms with van der Waals surface area (Å²) in [6.45, 7) is 3.98. The first-order chi connectivity index (χ1) is 9.85. The lowest BCUT2D eigenvalue weighted by Gasteiger charge is -2.38. The van der Waals surface area contributed by atoms with Crippen molar-refractivity contribution < 1.29 is 8.42 Å². The molecule has 2 rings (SSSR count). The second kappa shape index (κ2) is 6.32. The van der Waals surface area contributed by atoms with Crippen molar-refractivity contribution >= 4 is 21.6 Å². The van der Waals surface area contributed by atoms with Crippen LogP contribution in [0.1, 0.15) is 38.7 Å². The summed E-state index contributed by atoms with van der Waals surface area (Å²) in [5.74, 6) is 0. The number of sulfonamides is 1. The molecule has 1 aromatic rings. The smallest absolute Gasteiger partial charge is 0.225 e. The predicted molar refractivity (Wildman–Crippen MR) is 81.1 cm³/mol. The van der Waals surface area contributed by atoms with Crippen molar-refractivity contribution in [3.8, 4) is 6.07 Å². The number of nitrogens with zero attached hydrogens (tertiary/aromatic N) is 2. The van der Waals surface area contributed by atoms with Gasteiger partial charge in [-0.2, -0.15) is 5.26 Å². The first kappa shape index (κ1) is 16.2. The number of halogens is 1. The fourth-order valence-electron chi connectivity index (χ4n) is 2.57. The van der Waals surface area contributed by atoms with E-state index in [4.69, 9.17) is 16.9 Å². The van der Waals surface area contributed by atoms with Crippen LogP contribution >= 0.6 is 11.6 Å². The van der Waals surface area contributed by atoms with Crippen molar-refractivity contribution in [2.45, 2.75) is 50.1 Å². The van der Waals surface area contributed by atoms with Gasteiger partial charge in [0.25, 0.3) is 10.0 Å². The largest absolute Gasteiger partial charge is 0.255 e. The van der Waals surface area contributed by atoms with Gasteiger partial charge in [-0.05, 0) is 44.9 Å². The number of hydrogen-bond donors (Lipinski definition) is 1. The molecule has 1 heterocycles. The van der Waals surface area contributed by atoms with E-state index >= 15 is 0 Å². The van der Waals surface area contributed by atoms with E-state index in [2.05, 4.69) is 4.83 Å². The van der Waals surface area contributed by atoms with Gasteiger partial charge in [-0.3, -0.25) is 0 Å². The van der Waals surface area contributed by atoms with E-state index < -0.39 is 10.0 Å². The minimum Gasteiger partial charge on any atom is -0.225 e. The summed E-state index contributed by atoms with van der Waals surface area (Å²) in [5.41, 5.74) is 0.263. The molecule has 0 saturated carbocycles. The van der Waals surface area contributed by atoms with Crippen LogP contribution in [0, 0.1) is 11.3 Å². The van der Waals surface area contributed by atoms with Gasteiger partial charge in [0.1, 0.15) is 4.90 Å². The summed E-state index contributed by atoms with van der Waals surface area (Å²) >= 11 is 5.98. The van der Waals surface area contributed by atoms with E-state index in [1.165, 1.54) is 18.2 Å². The molecular weight excluding hydrogens is 310 g/mol. The van der Waals surface area contributed by atoms with Gasteiger partial charge in [0, 0.05) is 12.1 Å². The van der Waals surface area contributed by atoms with Gasteiger partial charge in [0.15, 0.2) is 0 Å². The molecule has 0 aromatic heterocycles. The standard InChI is InChI=1S/C14H18ClN3O2S/c1-10-4-3-5-11(2)18(10)17-21(19,20)14-8-12(9-16)6-7-13(14)15/h6-8,10-11,17H,3-5H2,1-2H3. The Balaban J connectivity index is 2.32. The number of rotatable bonds is 3. The first-order valence-electron chi connectivity index (χ1n) is 6.85. The van der Waals surface area contributed by atoms with Crippen LogP contribution in [0.15, 0.2) is 23.1 Å². The Kier molecular flexibility index (Phi) is 4.89. The Labute approximate surface area is 130 Å². The molecule has 1 saturated heterocycles. The lowest BCUT2D eigenvalue weighted by Crippen LogP contribution is -2.53. The van der Waals surface area contributed by atoms with Gasteiger partial charge in [0.2, 0.25) is 0 Å². The Bertz CT molecular complexity index is 659. The summed E-state index contributed by atoms with van der Waals surface area (Å²) in [6, 6.07) is 6.39. The molecule has 5 nitrogen and oxygen atoms in total. The molecule has 1 N–H and O–H groups in total. The first-order valence-corrected chi connectivity index (χ1v) is 8.71. The SMILES string of the molecule is CC1CCCC(C)N1NS(=O)(=O)c1cc(C#N)ccc1Cl. The third-order valence-corrected chi connectivity index (χ3v) is 5.58. The number of piperidine rings is 1. The van der Waals surface area contributed by atoms with Crippen LogP contribution in [-0.4, -0.2) is 25.5 Å². The zero-order valence-electron chi connectivity index (χ0n) is 12.0. The molecule has 2 atom stereocenters. The van der Waals surface area contributed by atoms with E-state index in [-0.39, 0.29) is 27.6 Å². The van der Waals surface area contributed by atoms with Gasteiger partial charge >= 0.3 is 0 Å². The average Bonchev–Trinajstić information content (AvgIpc) is 2.43. The van der Waals surface area contributed by atoms with Crippen LogP contribution in [0.4, 0.5) is 0 Å². The van der Waals surface area contributed by atoms with Crippen molar-refractivity contribution in [2.24, 2.45) is 0 Å². The topological polar surface area (TPSA) is 73.2 Å². The number of nitrogens with one attached hydrogen (secondary N) is 1. The lowest BCUT2D eigenvalue weighted by molar-refractivity contribution is 0.0790. The van der Waals surface area contributed by atoms with Gasteiger partial charge in [0.05, 0.1) is 16.7 Å². The molecule has 0 spiro atoms. The summed E-state index contributed by atoms with van der Waals surface area (Å²) in [5, 5.41) is 10.8. The van der Waals surface area contributed by atoms with Crippen LogP contribution in [0.2, 0.25) is 5.02 Å². The second-order valence-electron chi connectivity index (χ2n) is 5.39. The number of benzene rings is 1.